The molecule has 3 aromatic rings. The molecule has 11 heteroatoms. The molecule has 8 nitrogen and oxygen atoms in total. The summed E-state index contributed by atoms with van der Waals surface area (Å²) in [6.07, 6.45) is -1.18. The summed E-state index contributed by atoms with van der Waals surface area (Å²) in [4.78, 5) is 2.31. The third kappa shape index (κ3) is 7.58. The summed E-state index contributed by atoms with van der Waals surface area (Å²) in [7, 11) is 0. The van der Waals surface area contributed by atoms with E-state index in [9.17, 15) is 24.1 Å². The largest absolute Gasteiger partial charge is 0.489 e. The number of ether oxygens (including phenoxy) is 3. The summed E-state index contributed by atoms with van der Waals surface area (Å²) in [5.41, 5.74) is 10.1. The summed E-state index contributed by atoms with van der Waals surface area (Å²) in [6.45, 7) is 6.24. The van der Waals surface area contributed by atoms with Gasteiger partial charge < -0.3 is 35.3 Å². The second-order valence-electron chi connectivity index (χ2n) is 13.6. The average molecular weight is 685 g/mol. The smallest absolute Gasteiger partial charge is 0.132 e. The zero-order chi connectivity index (χ0) is 34.1. The second-order valence-corrected chi connectivity index (χ2v) is 14.5. The monoisotopic (exact) mass is 684 g/mol. The zero-order valence-corrected chi connectivity index (χ0v) is 28.4. The summed E-state index contributed by atoms with van der Waals surface area (Å²) in [6, 6.07) is 17.2. The Balaban J connectivity index is 1.06. The highest BCUT2D eigenvalue weighted by Gasteiger charge is 2.44. The van der Waals surface area contributed by atoms with Crippen molar-refractivity contribution < 1.29 is 38.3 Å². The van der Waals surface area contributed by atoms with Gasteiger partial charge in [0.05, 0.1) is 6.61 Å². The third-order valence-electron chi connectivity index (χ3n) is 9.90. The van der Waals surface area contributed by atoms with Crippen LogP contribution in [0.1, 0.15) is 72.6 Å². The van der Waals surface area contributed by atoms with Crippen LogP contribution in [0.2, 0.25) is 0 Å². The van der Waals surface area contributed by atoms with Crippen LogP contribution in [0.4, 0.5) is 8.78 Å². The van der Waals surface area contributed by atoms with Crippen LogP contribution in [-0.2, 0) is 15.9 Å². The van der Waals surface area contributed by atoms with E-state index in [-0.39, 0.29) is 23.6 Å². The third-order valence-corrected chi connectivity index (χ3v) is 10.8. The summed E-state index contributed by atoms with van der Waals surface area (Å²) < 4.78 is 46.5. The molecule has 9 atom stereocenters. The van der Waals surface area contributed by atoms with Gasteiger partial charge in [-0.05, 0) is 84.0 Å². The number of aliphatic hydroxyl groups is 3. The van der Waals surface area contributed by atoms with Crippen molar-refractivity contribution in [3.8, 4) is 5.75 Å². The summed E-state index contributed by atoms with van der Waals surface area (Å²) >= 11 is 1.30. The van der Waals surface area contributed by atoms with E-state index in [2.05, 4.69) is 36.9 Å². The Kier molecular flexibility index (Phi) is 11.1. The lowest BCUT2D eigenvalue weighted by molar-refractivity contribution is -0.200. The standard InChI is InChI=1S/C37H46F2N2O6S/c1-20(2)28-10-6-22(35-33(43)32(42)34(44)37(47-35)48-3)15-23(28)14-21-4-8-26(9-5-21)46-27-12-13-41(18-27)25-17-31(40)36(45-19-25)29-16-24(38)7-11-30(29)39/h4-11,15-16,20,25,27,31-37,42-44H,12-14,17-19,40H2,1-3H3/t25-,27-,31+,32-,33-,34+,35+,36-,37-/m1/s1. The van der Waals surface area contributed by atoms with Crippen LogP contribution < -0.4 is 10.5 Å². The number of nitrogens with zero attached hydrogens (tertiary/aromatic N) is 1. The number of hydrogen-bond acceptors (Lipinski definition) is 9. The van der Waals surface area contributed by atoms with Crippen molar-refractivity contribution in [2.45, 2.75) is 93.2 Å². The molecule has 3 aromatic carbocycles. The molecule has 3 aliphatic heterocycles. The van der Waals surface area contributed by atoms with E-state index in [1.165, 1.54) is 23.4 Å². The Labute approximate surface area is 285 Å². The molecule has 0 radical (unpaired) electrons. The van der Waals surface area contributed by atoms with Crippen molar-refractivity contribution in [3.05, 3.63) is 100 Å². The molecule has 0 aliphatic carbocycles. The van der Waals surface area contributed by atoms with E-state index in [4.69, 9.17) is 19.9 Å². The lowest BCUT2D eigenvalue weighted by atomic mass is 9.88. The molecular formula is C37H46F2N2O6S. The van der Waals surface area contributed by atoms with Crippen LogP contribution in [0, 0.1) is 11.6 Å². The Bertz CT molecular complexity index is 1540. The van der Waals surface area contributed by atoms with Gasteiger partial charge in [0, 0.05) is 30.7 Å². The van der Waals surface area contributed by atoms with Crippen molar-refractivity contribution in [3.63, 3.8) is 0 Å². The van der Waals surface area contributed by atoms with Gasteiger partial charge in [-0.1, -0.05) is 44.2 Å². The molecule has 3 aliphatic rings. The van der Waals surface area contributed by atoms with E-state index in [1.54, 1.807) is 6.26 Å². The average Bonchev–Trinajstić information content (AvgIpc) is 3.54. The number of thioether (sulfide) groups is 1. The number of benzene rings is 3. The minimum absolute atomic E-state index is 0.00980. The number of nitrogens with two attached hydrogens (primary N) is 1. The maximum Gasteiger partial charge on any atom is 0.132 e. The van der Waals surface area contributed by atoms with Gasteiger partial charge in [-0.3, -0.25) is 4.90 Å². The van der Waals surface area contributed by atoms with Gasteiger partial charge in [0.25, 0.3) is 0 Å². The quantitative estimate of drug-likeness (QED) is 0.252. The molecule has 0 amide bonds. The van der Waals surface area contributed by atoms with E-state index >= 15 is 0 Å². The normalized spacial score (nSPS) is 31.3. The van der Waals surface area contributed by atoms with Crippen LogP contribution in [-0.4, -0.2) is 88.1 Å². The highest BCUT2D eigenvalue weighted by atomic mass is 32.2. The van der Waals surface area contributed by atoms with Crippen LogP contribution >= 0.6 is 11.8 Å². The molecular weight excluding hydrogens is 638 g/mol. The van der Waals surface area contributed by atoms with Gasteiger partial charge >= 0.3 is 0 Å². The summed E-state index contributed by atoms with van der Waals surface area (Å²) in [5.74, 6) is 0.0504. The summed E-state index contributed by atoms with van der Waals surface area (Å²) in [5, 5.41) is 31.5. The fourth-order valence-electron chi connectivity index (χ4n) is 7.27. The second kappa shape index (κ2) is 15.1. The number of halogens is 2. The molecule has 0 aromatic heterocycles. The van der Waals surface area contributed by atoms with Crippen molar-refractivity contribution in [2.75, 3.05) is 26.0 Å². The number of hydrogen-bond donors (Lipinski definition) is 4. The number of aliphatic hydroxyl groups excluding tert-OH is 3. The molecule has 3 heterocycles. The van der Waals surface area contributed by atoms with E-state index in [1.807, 2.05) is 24.3 Å². The van der Waals surface area contributed by atoms with Gasteiger partial charge in [0.2, 0.25) is 0 Å². The van der Waals surface area contributed by atoms with Crippen LogP contribution in [0.3, 0.4) is 0 Å². The van der Waals surface area contributed by atoms with Crippen LogP contribution in [0.5, 0.6) is 5.75 Å². The van der Waals surface area contributed by atoms with Crippen LogP contribution in [0.15, 0.2) is 60.7 Å². The highest BCUT2D eigenvalue weighted by molar-refractivity contribution is 7.99. The zero-order valence-electron chi connectivity index (χ0n) is 27.5. The Hall–Kier alpha value is -2.61. The first-order chi connectivity index (χ1) is 23.0. The Morgan fingerprint density at radius 3 is 2.46 bits per heavy atom. The van der Waals surface area contributed by atoms with Gasteiger partial charge in [0.1, 0.15) is 59.4 Å². The van der Waals surface area contributed by atoms with Gasteiger partial charge in [-0.15, -0.1) is 11.8 Å². The van der Waals surface area contributed by atoms with Gasteiger partial charge in [-0.2, -0.15) is 0 Å². The minimum Gasteiger partial charge on any atom is -0.489 e. The van der Waals surface area contributed by atoms with E-state index in [0.717, 1.165) is 54.1 Å². The van der Waals surface area contributed by atoms with Crippen molar-refractivity contribution in [1.29, 1.82) is 0 Å². The minimum atomic E-state index is -1.30. The predicted octanol–water partition coefficient (Wildman–Crippen LogP) is 4.83. The molecule has 0 bridgehead atoms. The van der Waals surface area contributed by atoms with Gasteiger partial charge in [-0.25, -0.2) is 8.78 Å². The predicted molar refractivity (Wildman–Crippen MR) is 181 cm³/mol. The van der Waals surface area contributed by atoms with Crippen molar-refractivity contribution in [2.24, 2.45) is 5.73 Å². The maximum absolute atomic E-state index is 14.4. The van der Waals surface area contributed by atoms with E-state index in [0.29, 0.717) is 19.4 Å². The molecule has 0 saturated carbocycles. The molecule has 0 unspecified atom stereocenters. The molecule has 3 fully saturated rings. The number of rotatable bonds is 9. The lowest BCUT2D eigenvalue weighted by Crippen LogP contribution is -2.52. The molecule has 6 rings (SSSR count). The molecule has 3 saturated heterocycles. The van der Waals surface area contributed by atoms with Crippen molar-refractivity contribution >= 4 is 11.8 Å². The topological polar surface area (TPSA) is 118 Å². The molecule has 0 spiro atoms. The fraction of sp³-hybridized carbons (Fsp3) is 0.514. The highest BCUT2D eigenvalue weighted by Crippen LogP contribution is 2.38. The Morgan fingerprint density at radius 2 is 1.75 bits per heavy atom. The first-order valence-electron chi connectivity index (χ1n) is 16.7. The molecule has 48 heavy (non-hydrogen) atoms. The van der Waals surface area contributed by atoms with Crippen molar-refractivity contribution in [1.82, 2.24) is 4.90 Å². The first-order valence-corrected chi connectivity index (χ1v) is 18.0. The maximum atomic E-state index is 14.4. The Morgan fingerprint density at radius 1 is 0.979 bits per heavy atom. The number of likely N-dealkylation sites (tertiary alicyclic amines) is 1. The lowest BCUT2D eigenvalue weighted by Gasteiger charge is -2.40. The first kappa shape index (κ1) is 35.2. The SMILES string of the molecule is CS[C@H]1O[C@@H](c2ccc(C(C)C)c(Cc3ccc(O[C@@H]4CCN([C@H]5CO[C@H](c6cc(F)ccc6F)[C@@H](N)C5)C4)cc3)c2)[C@H](O)[C@@H](O)[C@@H]1O. The molecule has 260 valence electrons. The van der Waals surface area contributed by atoms with Crippen LogP contribution in [0.25, 0.3) is 0 Å². The van der Waals surface area contributed by atoms with E-state index < -0.39 is 53.6 Å². The fourth-order valence-corrected chi connectivity index (χ4v) is 7.94. The molecule has 5 N–H and O–H groups in total. The van der Waals surface area contributed by atoms with Gasteiger partial charge in [0.15, 0.2) is 0 Å².